The number of nitrogens with one attached hydrogen (secondary N) is 2. The average Bonchev–Trinajstić information content (AvgIpc) is 3.10. The van der Waals surface area contributed by atoms with Gasteiger partial charge in [-0.3, -0.25) is 10.2 Å². The van der Waals surface area contributed by atoms with Gasteiger partial charge in [-0.2, -0.15) is 13.2 Å². The van der Waals surface area contributed by atoms with E-state index in [0.29, 0.717) is 19.4 Å². The first-order chi connectivity index (χ1) is 13.9. The van der Waals surface area contributed by atoms with Crippen molar-refractivity contribution in [1.29, 1.82) is 5.41 Å². The van der Waals surface area contributed by atoms with Gasteiger partial charge in [0.05, 0.1) is 23.1 Å². The number of allylic oxidation sites excluding steroid dienone is 1. The molecule has 1 heterocycles. The summed E-state index contributed by atoms with van der Waals surface area (Å²) in [6.07, 6.45) is -2.05. The minimum atomic E-state index is -4.56. The molecule has 0 aromatic heterocycles. The summed E-state index contributed by atoms with van der Waals surface area (Å²) in [5, 5.41) is 11.0. The Bertz CT molecular complexity index is 879. The number of likely N-dealkylation sites (tertiary alicyclic amines) is 1. The lowest BCUT2D eigenvalue weighted by Gasteiger charge is -2.21. The maximum absolute atomic E-state index is 13.1. The molecule has 0 amide bonds. The first kappa shape index (κ1) is 23.1. The lowest BCUT2D eigenvalue weighted by Crippen LogP contribution is -2.32. The normalized spacial score (nSPS) is 19.3. The van der Waals surface area contributed by atoms with E-state index in [-0.39, 0.29) is 40.2 Å². The summed E-state index contributed by atoms with van der Waals surface area (Å²) in [4.78, 5) is 13.0. The Labute approximate surface area is 172 Å². The van der Waals surface area contributed by atoms with E-state index >= 15 is 0 Å². The lowest BCUT2D eigenvalue weighted by molar-refractivity contribution is -0.137. The number of benzene rings is 1. The van der Waals surface area contributed by atoms with Crippen LogP contribution in [0.2, 0.25) is 0 Å². The predicted octanol–water partition coefficient (Wildman–Crippen LogP) is 1.16. The summed E-state index contributed by atoms with van der Waals surface area (Å²) >= 11 is 0. The molecular weight excluding hydrogens is 399 g/mol. The number of hydrogen-bond donors (Lipinski definition) is 6. The van der Waals surface area contributed by atoms with Gasteiger partial charge in [0.15, 0.2) is 6.29 Å². The van der Waals surface area contributed by atoms with Crippen LogP contribution in [0, 0.1) is 5.41 Å². The number of amidine groups is 1. The quantitative estimate of drug-likeness (QED) is 0.0995. The van der Waals surface area contributed by atoms with Crippen LogP contribution >= 0.6 is 0 Å². The number of carbonyl (C=O) groups excluding carboxylic acids is 1. The van der Waals surface area contributed by atoms with Gasteiger partial charge in [-0.25, -0.2) is 0 Å². The lowest BCUT2D eigenvalue weighted by atomic mass is 10.0. The number of nitrogens with zero attached hydrogens (tertiary/aromatic N) is 1. The molecular formula is C19H26F3N7O. The topological polar surface area (TPSA) is 160 Å². The highest BCUT2D eigenvalue weighted by molar-refractivity contribution is 6.03. The highest BCUT2D eigenvalue weighted by Crippen LogP contribution is 2.32. The monoisotopic (exact) mass is 425 g/mol. The molecule has 2 atom stereocenters. The molecule has 10 N–H and O–H groups in total. The zero-order chi connectivity index (χ0) is 22.6. The second kappa shape index (κ2) is 9.08. The largest absolute Gasteiger partial charge is 0.416 e. The fourth-order valence-electron chi connectivity index (χ4n) is 3.09. The first-order valence-corrected chi connectivity index (χ1v) is 9.18. The highest BCUT2D eigenvalue weighted by Gasteiger charge is 2.31. The van der Waals surface area contributed by atoms with Crippen LogP contribution in [-0.4, -0.2) is 36.2 Å². The summed E-state index contributed by atoms with van der Waals surface area (Å²) in [5.74, 6) is 0.0137. The molecule has 0 spiro atoms. The molecule has 1 saturated heterocycles. The van der Waals surface area contributed by atoms with Crippen molar-refractivity contribution in [2.24, 2.45) is 17.2 Å². The predicted molar refractivity (Wildman–Crippen MR) is 109 cm³/mol. The van der Waals surface area contributed by atoms with E-state index in [1.807, 2.05) is 0 Å². The third-order valence-electron chi connectivity index (χ3n) is 4.76. The number of anilines is 1. The molecule has 1 unspecified atom stereocenters. The van der Waals surface area contributed by atoms with E-state index in [1.165, 1.54) is 12.1 Å². The van der Waals surface area contributed by atoms with Gasteiger partial charge in [-0.15, -0.1) is 0 Å². The molecule has 1 aliphatic rings. The Kier molecular flexibility index (Phi) is 6.98. The van der Waals surface area contributed by atoms with Gasteiger partial charge in [-0.05, 0) is 43.2 Å². The summed E-state index contributed by atoms with van der Waals surface area (Å²) in [7, 11) is 0. The first-order valence-electron chi connectivity index (χ1n) is 9.18. The van der Waals surface area contributed by atoms with E-state index in [1.54, 1.807) is 11.8 Å². The minimum absolute atomic E-state index is 0.0229. The number of carbonyl (C=O) groups is 1. The minimum Gasteiger partial charge on any atom is -0.399 e. The molecule has 1 aromatic rings. The maximum Gasteiger partial charge on any atom is 0.416 e. The number of nitrogen functional groups attached to an aromatic ring is 1. The molecule has 1 aliphatic heterocycles. The molecule has 0 radical (unpaired) electrons. The van der Waals surface area contributed by atoms with Crippen molar-refractivity contribution in [3.63, 3.8) is 0 Å². The third-order valence-corrected chi connectivity index (χ3v) is 4.76. The fraction of sp³-hybridized carbons (Fsp3) is 0.368. The Balaban J connectivity index is 2.26. The smallest absolute Gasteiger partial charge is 0.399 e. The standard InChI is InChI=1S/C19H26F3N7O/c1-10(11-4-12(19(20,21)22)6-14(24)5-11)28-18(27)15(16(25)9-30)7-17(26)29-3-2-13(23)8-29/h4-7,9-10,13H,2-3,8,23-26H2,1H3,(H2,27,28)/b16-15+,17-7+/t10-,13?/m1/s1. The van der Waals surface area contributed by atoms with Gasteiger partial charge >= 0.3 is 6.18 Å². The summed E-state index contributed by atoms with van der Waals surface area (Å²) < 4.78 is 39.2. The molecule has 0 saturated carbocycles. The molecule has 0 bridgehead atoms. The molecule has 8 nitrogen and oxygen atoms in total. The zero-order valence-corrected chi connectivity index (χ0v) is 16.5. The fourth-order valence-corrected chi connectivity index (χ4v) is 3.09. The van der Waals surface area contributed by atoms with E-state index in [9.17, 15) is 18.0 Å². The second-order valence-corrected chi connectivity index (χ2v) is 7.18. The van der Waals surface area contributed by atoms with Crippen LogP contribution in [0.25, 0.3) is 0 Å². The number of halogens is 3. The molecule has 30 heavy (non-hydrogen) atoms. The highest BCUT2D eigenvalue weighted by atomic mass is 19.4. The van der Waals surface area contributed by atoms with E-state index in [0.717, 1.165) is 18.6 Å². The van der Waals surface area contributed by atoms with Gasteiger partial charge in [0.1, 0.15) is 5.84 Å². The Morgan fingerprint density at radius 3 is 2.53 bits per heavy atom. The van der Waals surface area contributed by atoms with Crippen molar-refractivity contribution >= 4 is 17.8 Å². The van der Waals surface area contributed by atoms with Crippen molar-refractivity contribution in [3.8, 4) is 0 Å². The molecule has 11 heteroatoms. The van der Waals surface area contributed by atoms with Gasteiger partial charge < -0.3 is 33.2 Å². The van der Waals surface area contributed by atoms with Crippen molar-refractivity contribution < 1.29 is 18.0 Å². The van der Waals surface area contributed by atoms with Gasteiger partial charge in [0.2, 0.25) is 0 Å². The third kappa shape index (κ3) is 5.66. The average molecular weight is 425 g/mol. The Morgan fingerprint density at radius 1 is 1.33 bits per heavy atom. The van der Waals surface area contributed by atoms with E-state index < -0.39 is 17.8 Å². The summed E-state index contributed by atoms with van der Waals surface area (Å²) in [6, 6.07) is 2.40. The second-order valence-electron chi connectivity index (χ2n) is 7.18. The van der Waals surface area contributed by atoms with Crippen LogP contribution in [0.1, 0.15) is 30.5 Å². The Hall–Kier alpha value is -3.21. The van der Waals surface area contributed by atoms with Gasteiger partial charge in [0, 0.05) is 30.4 Å². The van der Waals surface area contributed by atoms with Crippen LogP contribution in [0.3, 0.4) is 0 Å². The van der Waals surface area contributed by atoms with Crippen LogP contribution < -0.4 is 28.3 Å². The number of aldehydes is 1. The molecule has 164 valence electrons. The van der Waals surface area contributed by atoms with Gasteiger partial charge in [-0.1, -0.05) is 0 Å². The summed E-state index contributed by atoms with van der Waals surface area (Å²) in [5.41, 5.74) is 22.3. The van der Waals surface area contributed by atoms with Crippen LogP contribution in [0.5, 0.6) is 0 Å². The van der Waals surface area contributed by atoms with Crippen LogP contribution in [0.4, 0.5) is 18.9 Å². The number of nitrogens with two attached hydrogens (primary N) is 4. The van der Waals surface area contributed by atoms with E-state index in [4.69, 9.17) is 28.3 Å². The maximum atomic E-state index is 13.1. The molecule has 1 fully saturated rings. The SMILES string of the molecule is C[C@@H](NC(=N)C(/C=C(\N)N1CCC(N)C1)=C(/N)C=O)c1cc(N)cc(C(F)(F)F)c1. The van der Waals surface area contributed by atoms with Crippen molar-refractivity contribution in [3.05, 3.63) is 52.5 Å². The molecule has 0 aliphatic carbocycles. The molecule has 1 aromatic carbocycles. The Morgan fingerprint density at radius 2 is 2.00 bits per heavy atom. The van der Waals surface area contributed by atoms with Gasteiger partial charge in [0.25, 0.3) is 0 Å². The number of rotatable bonds is 6. The number of hydrogen-bond acceptors (Lipinski definition) is 7. The number of alkyl halides is 3. The van der Waals surface area contributed by atoms with Crippen LogP contribution in [-0.2, 0) is 11.0 Å². The van der Waals surface area contributed by atoms with Crippen molar-refractivity contribution in [2.45, 2.75) is 31.6 Å². The van der Waals surface area contributed by atoms with E-state index in [2.05, 4.69) is 5.32 Å². The van der Waals surface area contributed by atoms with Crippen molar-refractivity contribution in [1.82, 2.24) is 10.2 Å². The van der Waals surface area contributed by atoms with Crippen LogP contribution in [0.15, 0.2) is 41.4 Å². The molecule has 2 rings (SSSR count). The zero-order valence-electron chi connectivity index (χ0n) is 16.5. The van der Waals surface area contributed by atoms with Crippen molar-refractivity contribution in [2.75, 3.05) is 18.8 Å². The summed E-state index contributed by atoms with van der Waals surface area (Å²) in [6.45, 7) is 2.71.